The van der Waals surface area contributed by atoms with Crippen molar-refractivity contribution >= 4 is 0 Å². The lowest BCUT2D eigenvalue weighted by Gasteiger charge is -2.03. The first-order valence-corrected chi connectivity index (χ1v) is 5.91. The van der Waals surface area contributed by atoms with Gasteiger partial charge in [0.1, 0.15) is 5.75 Å². The first-order valence-electron chi connectivity index (χ1n) is 5.91. The number of phenolic OH excluding ortho intramolecular Hbond substituents is 1. The van der Waals surface area contributed by atoms with Crippen molar-refractivity contribution in [3.63, 3.8) is 0 Å². The van der Waals surface area contributed by atoms with Crippen LogP contribution in [0.5, 0.6) is 5.75 Å². The molecular formula is C14H18N2O. The van der Waals surface area contributed by atoms with E-state index in [2.05, 4.69) is 35.3 Å². The van der Waals surface area contributed by atoms with E-state index >= 15 is 0 Å². The molecule has 0 fully saturated rings. The van der Waals surface area contributed by atoms with Crippen molar-refractivity contribution in [3.05, 3.63) is 53.9 Å². The molecule has 0 saturated carbocycles. The summed E-state index contributed by atoms with van der Waals surface area (Å²) >= 11 is 0. The Morgan fingerprint density at radius 1 is 1.06 bits per heavy atom. The van der Waals surface area contributed by atoms with Gasteiger partial charge >= 0.3 is 0 Å². The van der Waals surface area contributed by atoms with Crippen LogP contribution in [0, 0.1) is 0 Å². The zero-order valence-electron chi connectivity index (χ0n) is 10.1. The third-order valence-corrected chi connectivity index (χ3v) is 2.77. The van der Waals surface area contributed by atoms with E-state index in [4.69, 9.17) is 5.11 Å². The van der Waals surface area contributed by atoms with Crippen molar-refractivity contribution in [2.24, 2.45) is 0 Å². The van der Waals surface area contributed by atoms with Crippen LogP contribution >= 0.6 is 0 Å². The molecule has 90 valence electrons. The highest BCUT2D eigenvalue weighted by Gasteiger charge is 1.96. The number of aromatic hydroxyl groups is 1. The second-order valence-electron chi connectivity index (χ2n) is 4.12. The summed E-state index contributed by atoms with van der Waals surface area (Å²) in [6.07, 6.45) is 4.25. The Morgan fingerprint density at radius 3 is 2.41 bits per heavy atom. The van der Waals surface area contributed by atoms with E-state index in [0.717, 1.165) is 19.6 Å². The summed E-state index contributed by atoms with van der Waals surface area (Å²) in [7, 11) is 0. The number of nitrogens with zero attached hydrogens (tertiary/aromatic N) is 1. The number of nitrogens with one attached hydrogen (secondary N) is 1. The third-order valence-electron chi connectivity index (χ3n) is 2.77. The van der Waals surface area contributed by atoms with E-state index in [-0.39, 0.29) is 0 Å². The Morgan fingerprint density at radius 2 is 1.76 bits per heavy atom. The van der Waals surface area contributed by atoms with Crippen molar-refractivity contribution < 1.29 is 5.11 Å². The van der Waals surface area contributed by atoms with E-state index < -0.39 is 0 Å². The molecule has 0 atom stereocenters. The quantitative estimate of drug-likeness (QED) is 0.828. The minimum Gasteiger partial charge on any atom is -0.508 e. The zero-order chi connectivity index (χ0) is 12.1. The van der Waals surface area contributed by atoms with Gasteiger partial charge in [0.25, 0.3) is 0 Å². The standard InChI is InChI=1S/C14H18N2O/c1-2-16-8-7-13(11-16)10-15-9-12-3-5-14(17)6-4-12/h3-8,11,15,17H,2,9-10H2,1H3. The molecule has 0 bridgehead atoms. The summed E-state index contributed by atoms with van der Waals surface area (Å²) in [6.45, 7) is 4.83. The molecule has 0 amide bonds. The topological polar surface area (TPSA) is 37.2 Å². The van der Waals surface area contributed by atoms with Gasteiger partial charge in [0.05, 0.1) is 0 Å². The van der Waals surface area contributed by atoms with Gasteiger partial charge in [-0.2, -0.15) is 0 Å². The van der Waals surface area contributed by atoms with Crippen LogP contribution < -0.4 is 5.32 Å². The molecule has 0 radical (unpaired) electrons. The average Bonchev–Trinajstić information content (AvgIpc) is 2.80. The van der Waals surface area contributed by atoms with Crippen molar-refractivity contribution in [2.45, 2.75) is 26.6 Å². The van der Waals surface area contributed by atoms with Gasteiger partial charge in [0, 0.05) is 32.0 Å². The van der Waals surface area contributed by atoms with Crippen LogP contribution in [0.25, 0.3) is 0 Å². The summed E-state index contributed by atoms with van der Waals surface area (Å²) < 4.78 is 2.16. The lowest BCUT2D eigenvalue weighted by molar-refractivity contribution is 0.475. The summed E-state index contributed by atoms with van der Waals surface area (Å²) in [6, 6.07) is 9.42. The maximum atomic E-state index is 9.17. The molecule has 1 heterocycles. The van der Waals surface area contributed by atoms with E-state index in [1.165, 1.54) is 11.1 Å². The minimum atomic E-state index is 0.314. The predicted octanol–water partition coefficient (Wildman–Crippen LogP) is 2.50. The molecule has 2 aromatic rings. The highest BCUT2D eigenvalue weighted by molar-refractivity contribution is 5.25. The van der Waals surface area contributed by atoms with Crippen LogP contribution in [0.3, 0.4) is 0 Å². The van der Waals surface area contributed by atoms with Gasteiger partial charge in [0.15, 0.2) is 0 Å². The molecule has 2 rings (SSSR count). The van der Waals surface area contributed by atoms with E-state index in [9.17, 15) is 0 Å². The Bertz CT molecular complexity index is 459. The lowest BCUT2D eigenvalue weighted by Crippen LogP contribution is -2.12. The monoisotopic (exact) mass is 230 g/mol. The van der Waals surface area contributed by atoms with E-state index in [1.807, 2.05) is 12.1 Å². The predicted molar refractivity (Wildman–Crippen MR) is 68.8 cm³/mol. The zero-order valence-corrected chi connectivity index (χ0v) is 10.1. The lowest BCUT2D eigenvalue weighted by atomic mass is 10.2. The number of aryl methyl sites for hydroxylation is 1. The van der Waals surface area contributed by atoms with Crippen molar-refractivity contribution in [1.29, 1.82) is 0 Å². The van der Waals surface area contributed by atoms with Gasteiger partial charge in [-0.25, -0.2) is 0 Å². The Labute approximate surface area is 102 Å². The van der Waals surface area contributed by atoms with Crippen molar-refractivity contribution in [1.82, 2.24) is 9.88 Å². The van der Waals surface area contributed by atoms with E-state index in [0.29, 0.717) is 5.75 Å². The molecular weight excluding hydrogens is 212 g/mol. The molecule has 0 spiro atoms. The van der Waals surface area contributed by atoms with Gasteiger partial charge in [0.2, 0.25) is 0 Å². The van der Waals surface area contributed by atoms with Gasteiger partial charge in [-0.15, -0.1) is 0 Å². The summed E-state index contributed by atoms with van der Waals surface area (Å²) in [5, 5.41) is 12.5. The largest absolute Gasteiger partial charge is 0.508 e. The highest BCUT2D eigenvalue weighted by Crippen LogP contribution is 2.09. The van der Waals surface area contributed by atoms with Crippen LogP contribution in [0.15, 0.2) is 42.7 Å². The Balaban J connectivity index is 1.81. The second-order valence-corrected chi connectivity index (χ2v) is 4.12. The maximum absolute atomic E-state index is 9.17. The summed E-state index contributed by atoms with van der Waals surface area (Å²) in [4.78, 5) is 0. The second kappa shape index (κ2) is 5.55. The smallest absolute Gasteiger partial charge is 0.115 e. The minimum absolute atomic E-state index is 0.314. The number of phenols is 1. The van der Waals surface area contributed by atoms with Crippen LogP contribution in [0.2, 0.25) is 0 Å². The van der Waals surface area contributed by atoms with Gasteiger partial charge in [-0.1, -0.05) is 12.1 Å². The van der Waals surface area contributed by atoms with E-state index in [1.54, 1.807) is 12.1 Å². The molecule has 2 N–H and O–H groups in total. The Hall–Kier alpha value is -1.74. The van der Waals surface area contributed by atoms with Crippen LogP contribution in [0.4, 0.5) is 0 Å². The number of benzene rings is 1. The molecule has 0 aliphatic carbocycles. The SMILES string of the molecule is CCn1ccc(CNCc2ccc(O)cc2)c1. The number of hydrogen-bond donors (Lipinski definition) is 2. The molecule has 3 heteroatoms. The fourth-order valence-corrected chi connectivity index (χ4v) is 1.76. The fourth-order valence-electron chi connectivity index (χ4n) is 1.76. The molecule has 17 heavy (non-hydrogen) atoms. The molecule has 1 aromatic heterocycles. The van der Waals surface area contributed by atoms with Crippen molar-refractivity contribution in [3.8, 4) is 5.75 Å². The van der Waals surface area contributed by atoms with Crippen molar-refractivity contribution in [2.75, 3.05) is 0 Å². The first kappa shape index (κ1) is 11.7. The Kier molecular flexibility index (Phi) is 3.83. The van der Waals surface area contributed by atoms with Crippen LogP contribution in [-0.4, -0.2) is 9.67 Å². The number of aromatic nitrogens is 1. The summed E-state index contributed by atoms with van der Waals surface area (Å²) in [5.74, 6) is 0.314. The van der Waals surface area contributed by atoms with Gasteiger partial charge in [-0.3, -0.25) is 0 Å². The average molecular weight is 230 g/mol. The fraction of sp³-hybridized carbons (Fsp3) is 0.286. The number of hydrogen-bond acceptors (Lipinski definition) is 2. The summed E-state index contributed by atoms with van der Waals surface area (Å²) in [5.41, 5.74) is 2.48. The molecule has 3 nitrogen and oxygen atoms in total. The molecule has 1 aromatic carbocycles. The molecule has 0 aliphatic rings. The third kappa shape index (κ3) is 3.36. The van der Waals surface area contributed by atoms with Gasteiger partial charge < -0.3 is 15.0 Å². The van der Waals surface area contributed by atoms with Gasteiger partial charge in [-0.05, 0) is 36.2 Å². The van der Waals surface area contributed by atoms with Crippen LogP contribution in [-0.2, 0) is 19.6 Å². The maximum Gasteiger partial charge on any atom is 0.115 e. The normalized spacial score (nSPS) is 10.6. The molecule has 0 saturated heterocycles. The highest BCUT2D eigenvalue weighted by atomic mass is 16.3. The number of rotatable bonds is 5. The first-order chi connectivity index (χ1) is 8.28. The molecule has 0 aliphatic heterocycles. The molecule has 0 unspecified atom stereocenters. The van der Waals surface area contributed by atoms with Crippen LogP contribution in [0.1, 0.15) is 18.1 Å².